The highest BCUT2D eigenvalue weighted by molar-refractivity contribution is 6.30. The third kappa shape index (κ3) is 5.87. The van der Waals surface area contributed by atoms with Gasteiger partial charge in [-0.05, 0) is 19.1 Å². The third-order valence-corrected chi connectivity index (χ3v) is 3.00. The summed E-state index contributed by atoms with van der Waals surface area (Å²) < 4.78 is 23.1. The number of carbonyl (C=O) groups is 2. The van der Waals surface area contributed by atoms with Crippen LogP contribution in [0.4, 0.5) is 4.39 Å². The van der Waals surface area contributed by atoms with Gasteiger partial charge >= 0.3 is 5.97 Å². The zero-order chi connectivity index (χ0) is 16.8. The first-order valence-corrected chi connectivity index (χ1v) is 6.73. The molecule has 0 saturated carbocycles. The Bertz CT molecular complexity index is 554. The van der Waals surface area contributed by atoms with Crippen LogP contribution in [0.1, 0.15) is 13.3 Å². The monoisotopic (exact) mass is 333 g/mol. The van der Waals surface area contributed by atoms with Crippen LogP contribution in [0.25, 0.3) is 0 Å². The molecule has 122 valence electrons. The topological polar surface area (TPSA) is 84.9 Å². The van der Waals surface area contributed by atoms with Gasteiger partial charge in [-0.15, -0.1) is 0 Å². The molecule has 6 nitrogen and oxygen atoms in total. The van der Waals surface area contributed by atoms with Crippen molar-refractivity contribution in [3.63, 3.8) is 0 Å². The summed E-state index contributed by atoms with van der Waals surface area (Å²) in [7, 11) is 1.41. The molecule has 2 N–H and O–H groups in total. The minimum absolute atomic E-state index is 0.0351. The molecule has 1 atom stereocenters. The zero-order valence-corrected chi connectivity index (χ0v) is 12.9. The molecule has 1 unspecified atom stereocenters. The van der Waals surface area contributed by atoms with E-state index in [2.05, 4.69) is 5.32 Å². The van der Waals surface area contributed by atoms with Crippen molar-refractivity contribution in [2.45, 2.75) is 18.9 Å². The van der Waals surface area contributed by atoms with E-state index in [4.69, 9.17) is 26.2 Å². The molecule has 22 heavy (non-hydrogen) atoms. The van der Waals surface area contributed by atoms with E-state index < -0.39 is 23.2 Å². The molecule has 0 aromatic heterocycles. The van der Waals surface area contributed by atoms with Gasteiger partial charge < -0.3 is 19.9 Å². The van der Waals surface area contributed by atoms with Gasteiger partial charge in [0.15, 0.2) is 6.61 Å². The lowest BCUT2D eigenvalue weighted by molar-refractivity contribution is -0.139. The van der Waals surface area contributed by atoms with Crippen molar-refractivity contribution >= 4 is 23.5 Å². The molecule has 0 bridgehead atoms. The molecule has 0 aliphatic carbocycles. The van der Waals surface area contributed by atoms with Crippen LogP contribution in [0.5, 0.6) is 5.75 Å². The van der Waals surface area contributed by atoms with E-state index in [0.717, 1.165) is 6.07 Å². The van der Waals surface area contributed by atoms with E-state index >= 15 is 0 Å². The van der Waals surface area contributed by atoms with Gasteiger partial charge in [0, 0.05) is 13.2 Å². The zero-order valence-electron chi connectivity index (χ0n) is 12.2. The van der Waals surface area contributed by atoms with Crippen molar-refractivity contribution in [3.05, 3.63) is 29.0 Å². The molecule has 1 rings (SSSR count). The number of halogens is 2. The lowest BCUT2D eigenvalue weighted by Crippen LogP contribution is -2.52. The molecule has 0 aliphatic heterocycles. The number of rotatable bonds is 8. The number of aliphatic carboxylic acids is 1. The van der Waals surface area contributed by atoms with Gasteiger partial charge in [-0.1, -0.05) is 11.6 Å². The number of carboxylic acids is 1. The molecule has 0 heterocycles. The predicted octanol–water partition coefficient (Wildman–Crippen LogP) is 1.85. The van der Waals surface area contributed by atoms with Crippen molar-refractivity contribution < 1.29 is 28.6 Å². The SMILES string of the molecule is COCC(C)(CC(=O)O)NC(=O)COc1ccc(F)c(Cl)c1. The summed E-state index contributed by atoms with van der Waals surface area (Å²) in [6, 6.07) is 3.70. The summed E-state index contributed by atoms with van der Waals surface area (Å²) >= 11 is 5.60. The second-order valence-electron chi connectivity index (χ2n) is 4.98. The molecule has 0 aliphatic rings. The Morgan fingerprint density at radius 1 is 1.45 bits per heavy atom. The molecule has 1 aromatic rings. The Morgan fingerprint density at radius 2 is 2.14 bits per heavy atom. The summed E-state index contributed by atoms with van der Waals surface area (Å²) in [4.78, 5) is 22.7. The average molecular weight is 334 g/mol. The number of carboxylic acid groups (broad SMARTS) is 1. The maximum atomic E-state index is 13.0. The smallest absolute Gasteiger partial charge is 0.305 e. The normalized spacial score (nSPS) is 13.3. The Kier molecular flexibility index (Phi) is 6.58. The van der Waals surface area contributed by atoms with Crippen molar-refractivity contribution in [2.24, 2.45) is 0 Å². The second kappa shape index (κ2) is 7.95. The summed E-state index contributed by atoms with van der Waals surface area (Å²) in [6.07, 6.45) is -0.297. The lowest BCUT2D eigenvalue weighted by atomic mass is 9.99. The number of benzene rings is 1. The van der Waals surface area contributed by atoms with Crippen LogP contribution in [0, 0.1) is 5.82 Å². The Labute approximate surface area is 132 Å². The van der Waals surface area contributed by atoms with E-state index in [1.165, 1.54) is 19.2 Å². The highest BCUT2D eigenvalue weighted by atomic mass is 35.5. The molecule has 1 amide bonds. The van der Waals surface area contributed by atoms with E-state index in [0.29, 0.717) is 0 Å². The fourth-order valence-corrected chi connectivity index (χ4v) is 2.04. The van der Waals surface area contributed by atoms with Gasteiger partial charge in [-0.25, -0.2) is 4.39 Å². The van der Waals surface area contributed by atoms with Gasteiger partial charge in [-0.3, -0.25) is 9.59 Å². The number of hydrogen-bond acceptors (Lipinski definition) is 4. The first kappa shape index (κ1) is 18.2. The first-order chi connectivity index (χ1) is 10.3. The van der Waals surface area contributed by atoms with Crippen LogP contribution in [0.2, 0.25) is 5.02 Å². The van der Waals surface area contributed by atoms with Gasteiger partial charge in [-0.2, -0.15) is 0 Å². The molecule has 0 fully saturated rings. The van der Waals surface area contributed by atoms with Crippen molar-refractivity contribution in [2.75, 3.05) is 20.3 Å². The maximum Gasteiger partial charge on any atom is 0.305 e. The molecule has 0 radical (unpaired) electrons. The fourth-order valence-electron chi connectivity index (χ4n) is 1.87. The lowest BCUT2D eigenvalue weighted by Gasteiger charge is -2.28. The van der Waals surface area contributed by atoms with E-state index in [9.17, 15) is 14.0 Å². The Balaban J connectivity index is 2.59. The summed E-state index contributed by atoms with van der Waals surface area (Å²) in [5.74, 6) is -1.95. The van der Waals surface area contributed by atoms with Crippen molar-refractivity contribution in [3.8, 4) is 5.75 Å². The molecular formula is C14H17ClFNO5. The van der Waals surface area contributed by atoms with Crippen molar-refractivity contribution in [1.29, 1.82) is 0 Å². The van der Waals surface area contributed by atoms with Gasteiger partial charge in [0.1, 0.15) is 11.6 Å². The highest BCUT2D eigenvalue weighted by Gasteiger charge is 2.29. The first-order valence-electron chi connectivity index (χ1n) is 6.35. The fraction of sp³-hybridized carbons (Fsp3) is 0.429. The number of methoxy groups -OCH3 is 1. The Morgan fingerprint density at radius 3 is 2.68 bits per heavy atom. The van der Waals surface area contributed by atoms with Gasteiger partial charge in [0.25, 0.3) is 5.91 Å². The molecule has 0 spiro atoms. The Hall–Kier alpha value is -1.86. The van der Waals surface area contributed by atoms with E-state index in [1.54, 1.807) is 6.92 Å². The maximum absolute atomic E-state index is 13.0. The predicted molar refractivity (Wildman–Crippen MR) is 77.6 cm³/mol. The second-order valence-corrected chi connectivity index (χ2v) is 5.38. The number of nitrogens with one attached hydrogen (secondary N) is 1. The standard InChI is InChI=1S/C14H17ClFNO5/c1-14(8-21-2,6-13(19)20)17-12(18)7-22-9-3-4-11(16)10(15)5-9/h3-5H,6-8H2,1-2H3,(H,17,18)(H,19,20). The summed E-state index contributed by atoms with van der Waals surface area (Å²) in [5.41, 5.74) is -1.05. The van der Waals surface area contributed by atoms with Crippen LogP contribution in [-0.4, -0.2) is 42.8 Å². The van der Waals surface area contributed by atoms with E-state index in [1.807, 2.05) is 0 Å². The number of amides is 1. The molecule has 0 saturated heterocycles. The van der Waals surface area contributed by atoms with Crippen LogP contribution in [0.3, 0.4) is 0 Å². The number of ether oxygens (including phenoxy) is 2. The quantitative estimate of drug-likeness (QED) is 0.758. The summed E-state index contributed by atoms with van der Waals surface area (Å²) in [6.45, 7) is 1.23. The van der Waals surface area contributed by atoms with Crippen molar-refractivity contribution in [1.82, 2.24) is 5.32 Å². The number of carbonyl (C=O) groups excluding carboxylic acids is 1. The summed E-state index contributed by atoms with van der Waals surface area (Å²) in [5, 5.41) is 11.3. The van der Waals surface area contributed by atoms with Gasteiger partial charge in [0.2, 0.25) is 0 Å². The minimum Gasteiger partial charge on any atom is -0.484 e. The third-order valence-electron chi connectivity index (χ3n) is 2.71. The van der Waals surface area contributed by atoms with E-state index in [-0.39, 0.29) is 30.4 Å². The van der Waals surface area contributed by atoms with Crippen LogP contribution in [-0.2, 0) is 14.3 Å². The molecule has 1 aromatic carbocycles. The minimum atomic E-state index is -1.06. The van der Waals surface area contributed by atoms with Crippen LogP contribution < -0.4 is 10.1 Å². The van der Waals surface area contributed by atoms with Crippen LogP contribution >= 0.6 is 11.6 Å². The largest absolute Gasteiger partial charge is 0.484 e. The number of hydrogen-bond donors (Lipinski definition) is 2. The molecular weight excluding hydrogens is 317 g/mol. The highest BCUT2D eigenvalue weighted by Crippen LogP contribution is 2.21. The van der Waals surface area contributed by atoms with Crippen LogP contribution in [0.15, 0.2) is 18.2 Å². The van der Waals surface area contributed by atoms with Gasteiger partial charge in [0.05, 0.1) is 23.6 Å². The average Bonchev–Trinajstić information content (AvgIpc) is 2.39. The molecule has 8 heteroatoms.